The number of carbonyl (C=O) groups is 1. The molecule has 0 fully saturated rings. The number of rotatable bonds is 4. The van der Waals surface area contributed by atoms with E-state index >= 15 is 0 Å². The van der Waals surface area contributed by atoms with Gasteiger partial charge in [0.05, 0.1) is 5.69 Å². The third kappa shape index (κ3) is 2.47. The van der Waals surface area contributed by atoms with E-state index in [0.717, 1.165) is 29.8 Å². The summed E-state index contributed by atoms with van der Waals surface area (Å²) in [5.41, 5.74) is 2.46. The molecule has 0 unspecified atom stereocenters. The van der Waals surface area contributed by atoms with Crippen LogP contribution in [0.4, 0.5) is 4.39 Å². The quantitative estimate of drug-likeness (QED) is 0.777. The number of benzene rings is 1. The molecule has 0 bridgehead atoms. The molecule has 2 aromatic rings. The Bertz CT molecular complexity index is 558. The Hall–Kier alpha value is -1.97. The molecule has 0 aliphatic carbocycles. The topological polar surface area (TPSA) is 34.9 Å². The summed E-state index contributed by atoms with van der Waals surface area (Å²) in [6.45, 7) is 1.87. The second-order valence-electron chi connectivity index (χ2n) is 4.29. The maximum Gasteiger partial charge on any atom is 0.168 e. The van der Waals surface area contributed by atoms with Gasteiger partial charge in [-0.2, -0.15) is 0 Å². The zero-order valence-corrected chi connectivity index (χ0v) is 10.5. The summed E-state index contributed by atoms with van der Waals surface area (Å²) in [5.74, 6) is 0.590. The molecule has 18 heavy (non-hydrogen) atoms. The van der Waals surface area contributed by atoms with Crippen LogP contribution in [0.15, 0.2) is 24.3 Å². The SMILES string of the molecule is Cc1nc(CCc2ccc(F)cc2)c(C=O)n1C. The van der Waals surface area contributed by atoms with Gasteiger partial charge in [-0.1, -0.05) is 12.1 Å². The van der Waals surface area contributed by atoms with E-state index in [1.54, 1.807) is 16.7 Å². The van der Waals surface area contributed by atoms with Gasteiger partial charge in [0.25, 0.3) is 0 Å². The van der Waals surface area contributed by atoms with Gasteiger partial charge in [-0.15, -0.1) is 0 Å². The van der Waals surface area contributed by atoms with E-state index in [2.05, 4.69) is 4.98 Å². The van der Waals surface area contributed by atoms with Crippen LogP contribution in [0.25, 0.3) is 0 Å². The van der Waals surface area contributed by atoms with E-state index in [0.29, 0.717) is 12.1 Å². The number of halogens is 1. The summed E-state index contributed by atoms with van der Waals surface area (Å²) >= 11 is 0. The zero-order chi connectivity index (χ0) is 13.1. The van der Waals surface area contributed by atoms with Crippen LogP contribution in [0.5, 0.6) is 0 Å². The normalized spacial score (nSPS) is 10.6. The van der Waals surface area contributed by atoms with E-state index in [4.69, 9.17) is 0 Å². The van der Waals surface area contributed by atoms with Crippen molar-refractivity contribution < 1.29 is 9.18 Å². The van der Waals surface area contributed by atoms with Crippen molar-refractivity contribution >= 4 is 6.29 Å². The van der Waals surface area contributed by atoms with Crippen LogP contribution >= 0.6 is 0 Å². The molecule has 3 nitrogen and oxygen atoms in total. The van der Waals surface area contributed by atoms with Gasteiger partial charge >= 0.3 is 0 Å². The molecule has 1 aromatic carbocycles. The van der Waals surface area contributed by atoms with Gasteiger partial charge in [0.2, 0.25) is 0 Å². The summed E-state index contributed by atoms with van der Waals surface area (Å²) in [7, 11) is 1.83. The lowest BCUT2D eigenvalue weighted by Crippen LogP contribution is -2.00. The van der Waals surface area contributed by atoms with Crippen LogP contribution in [-0.2, 0) is 19.9 Å². The predicted molar refractivity (Wildman–Crippen MR) is 67.1 cm³/mol. The maximum atomic E-state index is 12.8. The molecule has 0 N–H and O–H groups in total. The first-order chi connectivity index (χ1) is 8.61. The molecule has 0 amide bonds. The van der Waals surface area contributed by atoms with Crippen molar-refractivity contribution in [3.05, 3.63) is 52.9 Å². The highest BCUT2D eigenvalue weighted by molar-refractivity contribution is 5.74. The molecule has 0 aliphatic heterocycles. The maximum absolute atomic E-state index is 12.8. The van der Waals surface area contributed by atoms with Crippen molar-refractivity contribution in [3.63, 3.8) is 0 Å². The molecular weight excluding hydrogens is 231 g/mol. The Kier molecular flexibility index (Phi) is 3.55. The first kappa shape index (κ1) is 12.5. The first-order valence-electron chi connectivity index (χ1n) is 5.83. The Labute approximate surface area is 105 Å². The number of hydrogen-bond donors (Lipinski definition) is 0. The fraction of sp³-hybridized carbons (Fsp3) is 0.286. The Morgan fingerprint density at radius 1 is 1.28 bits per heavy atom. The lowest BCUT2D eigenvalue weighted by molar-refractivity contribution is 0.111. The number of nitrogens with zero attached hydrogens (tertiary/aromatic N) is 2. The van der Waals surface area contributed by atoms with Gasteiger partial charge in [-0.25, -0.2) is 9.37 Å². The monoisotopic (exact) mass is 246 g/mol. The van der Waals surface area contributed by atoms with Crippen molar-refractivity contribution in [1.82, 2.24) is 9.55 Å². The van der Waals surface area contributed by atoms with Crippen LogP contribution in [0, 0.1) is 12.7 Å². The fourth-order valence-electron chi connectivity index (χ4n) is 1.94. The second-order valence-corrected chi connectivity index (χ2v) is 4.29. The third-order valence-corrected chi connectivity index (χ3v) is 3.11. The van der Waals surface area contributed by atoms with Crippen molar-refractivity contribution in [1.29, 1.82) is 0 Å². The highest BCUT2D eigenvalue weighted by atomic mass is 19.1. The number of aldehydes is 1. The van der Waals surface area contributed by atoms with Gasteiger partial charge < -0.3 is 4.57 Å². The van der Waals surface area contributed by atoms with Crippen LogP contribution in [0.2, 0.25) is 0 Å². The standard InChI is InChI=1S/C14H15FN2O/c1-10-16-13(14(9-18)17(10)2)8-5-11-3-6-12(15)7-4-11/h3-4,6-7,9H,5,8H2,1-2H3. The van der Waals surface area contributed by atoms with Gasteiger partial charge in [-0.3, -0.25) is 4.79 Å². The predicted octanol–water partition coefficient (Wildman–Crippen LogP) is 2.47. The van der Waals surface area contributed by atoms with Crippen LogP contribution in [0.3, 0.4) is 0 Å². The minimum Gasteiger partial charge on any atom is -0.329 e. The summed E-state index contributed by atoms with van der Waals surface area (Å²) in [5, 5.41) is 0. The Morgan fingerprint density at radius 3 is 2.56 bits per heavy atom. The molecule has 0 aliphatic rings. The highest BCUT2D eigenvalue weighted by Gasteiger charge is 2.11. The van der Waals surface area contributed by atoms with Gasteiger partial charge in [0.15, 0.2) is 6.29 Å². The molecule has 2 rings (SSSR count). The summed E-state index contributed by atoms with van der Waals surface area (Å²) in [4.78, 5) is 15.4. The molecule has 4 heteroatoms. The fourth-order valence-corrected chi connectivity index (χ4v) is 1.94. The molecule has 1 aromatic heterocycles. The zero-order valence-electron chi connectivity index (χ0n) is 10.5. The smallest absolute Gasteiger partial charge is 0.168 e. The van der Waals surface area contributed by atoms with Crippen molar-refractivity contribution in [2.24, 2.45) is 7.05 Å². The van der Waals surface area contributed by atoms with E-state index in [-0.39, 0.29) is 5.82 Å². The van der Waals surface area contributed by atoms with Gasteiger partial charge in [0.1, 0.15) is 17.3 Å². The largest absolute Gasteiger partial charge is 0.329 e. The molecule has 0 saturated heterocycles. The molecule has 0 spiro atoms. The van der Waals surface area contributed by atoms with E-state index in [1.165, 1.54) is 12.1 Å². The van der Waals surface area contributed by atoms with Crippen molar-refractivity contribution in [3.8, 4) is 0 Å². The molecular formula is C14H15FN2O. The minimum atomic E-state index is -0.235. The Morgan fingerprint density at radius 2 is 1.94 bits per heavy atom. The molecule has 0 atom stereocenters. The number of imidazole rings is 1. The van der Waals surface area contributed by atoms with Gasteiger partial charge in [-0.05, 0) is 37.5 Å². The first-order valence-corrected chi connectivity index (χ1v) is 5.83. The molecule has 0 saturated carbocycles. The summed E-state index contributed by atoms with van der Waals surface area (Å²) < 4.78 is 14.5. The van der Waals surface area contributed by atoms with Gasteiger partial charge in [0, 0.05) is 7.05 Å². The average molecular weight is 246 g/mol. The second kappa shape index (κ2) is 5.12. The minimum absolute atomic E-state index is 0.235. The lowest BCUT2D eigenvalue weighted by atomic mass is 10.1. The van der Waals surface area contributed by atoms with Crippen LogP contribution in [0.1, 0.15) is 27.6 Å². The summed E-state index contributed by atoms with van der Waals surface area (Å²) in [6.07, 6.45) is 2.26. The van der Waals surface area contributed by atoms with Crippen molar-refractivity contribution in [2.75, 3.05) is 0 Å². The average Bonchev–Trinajstić information content (AvgIpc) is 2.64. The molecule has 0 radical (unpaired) electrons. The highest BCUT2D eigenvalue weighted by Crippen LogP contribution is 2.12. The number of aromatic nitrogens is 2. The third-order valence-electron chi connectivity index (χ3n) is 3.11. The van der Waals surface area contributed by atoms with E-state index in [9.17, 15) is 9.18 Å². The number of hydrogen-bond acceptors (Lipinski definition) is 2. The lowest BCUT2D eigenvalue weighted by Gasteiger charge is -2.01. The Balaban J connectivity index is 2.13. The molecule has 1 heterocycles. The number of carbonyl (C=O) groups excluding carboxylic acids is 1. The summed E-state index contributed by atoms with van der Waals surface area (Å²) in [6, 6.07) is 6.40. The van der Waals surface area contributed by atoms with E-state index in [1.807, 2.05) is 14.0 Å². The van der Waals surface area contributed by atoms with Crippen molar-refractivity contribution in [2.45, 2.75) is 19.8 Å². The van der Waals surface area contributed by atoms with Crippen LogP contribution < -0.4 is 0 Å². The molecule has 94 valence electrons. The van der Waals surface area contributed by atoms with Crippen LogP contribution in [-0.4, -0.2) is 15.8 Å². The van der Waals surface area contributed by atoms with E-state index < -0.39 is 0 Å². The number of aryl methyl sites for hydroxylation is 3.